The summed E-state index contributed by atoms with van der Waals surface area (Å²) in [6.07, 6.45) is 6.77. The third-order valence-electron chi connectivity index (χ3n) is 10.1. The van der Waals surface area contributed by atoms with E-state index in [-0.39, 0.29) is 0 Å². The molecule has 0 radical (unpaired) electrons. The van der Waals surface area contributed by atoms with Crippen LogP contribution >= 0.6 is 29.9 Å². The van der Waals surface area contributed by atoms with Crippen LogP contribution in [0.2, 0.25) is 0 Å². The van der Waals surface area contributed by atoms with Gasteiger partial charge in [-0.05, 0) is 112 Å². The third kappa shape index (κ3) is 6.29. The molecule has 0 bridgehead atoms. The molecule has 2 heterocycles. The molecule has 0 aliphatic carbocycles. The lowest BCUT2D eigenvalue weighted by Crippen LogP contribution is -2.24. The fourth-order valence-electron chi connectivity index (χ4n) is 7.64. The van der Waals surface area contributed by atoms with Gasteiger partial charge in [0, 0.05) is 25.9 Å². The molecule has 0 atom stereocenters. The predicted molar refractivity (Wildman–Crippen MR) is 238 cm³/mol. The molecule has 0 unspecified atom stereocenters. The number of aryl methyl sites for hydroxylation is 2. The molecule has 0 nitrogen and oxygen atoms in total. The fraction of sp³-hybridized carbons (Fsp3) is 0.167. The highest BCUT2D eigenvalue weighted by Crippen LogP contribution is 2.57. The average Bonchev–Trinajstić information content (AvgIpc) is 3.77. The lowest BCUT2D eigenvalue weighted by molar-refractivity contribution is 1.35. The topological polar surface area (TPSA) is 0 Å². The largest absolute Gasteiger partial charge is 0.144 e. The van der Waals surface area contributed by atoms with E-state index in [9.17, 15) is 0 Å². The van der Waals surface area contributed by atoms with Gasteiger partial charge in [0.1, 0.15) is 10.6 Å². The van der Waals surface area contributed by atoms with Gasteiger partial charge in [0.25, 0.3) is 0 Å². The molecule has 0 spiro atoms. The second kappa shape index (κ2) is 14.4. The van der Waals surface area contributed by atoms with Crippen LogP contribution in [0.3, 0.4) is 0 Å². The van der Waals surface area contributed by atoms with E-state index in [0.29, 0.717) is 0 Å². The number of allylic oxidation sites excluding steroid dienone is 2. The molecule has 0 saturated carbocycles. The summed E-state index contributed by atoms with van der Waals surface area (Å²) >= 11 is 3.82. The summed E-state index contributed by atoms with van der Waals surface area (Å²) < 4.78 is 2.73. The highest BCUT2D eigenvalue weighted by atomic mass is 32.1. The standard InChI is InChI=1S/C46H40PS2.C2H6/c1-7-13-34-24-30(3)36(25-29(34)2)26-31(4)44-38-18-11-9-15-33(38)20-21-41(44)47(5,6)45-40-28-42-35(22-23-48-42)27-43(40)49-46(45)39-19-12-16-32-14-8-10-17-37(32)39;1-2/h7-28H,1-6H3;1-2H3/q+1;/b13-7-,31-26+;. The van der Waals surface area contributed by atoms with E-state index in [1.807, 2.05) is 36.5 Å². The van der Waals surface area contributed by atoms with Crippen molar-refractivity contribution in [2.45, 2.75) is 41.5 Å². The molecular weight excluding hydrogens is 672 g/mol. The van der Waals surface area contributed by atoms with Crippen molar-refractivity contribution in [2.75, 3.05) is 13.3 Å². The Morgan fingerprint density at radius 1 is 0.647 bits per heavy atom. The predicted octanol–water partition coefficient (Wildman–Crippen LogP) is 14.6. The van der Waals surface area contributed by atoms with Crippen molar-refractivity contribution < 1.29 is 0 Å². The number of hydrogen-bond acceptors (Lipinski definition) is 2. The van der Waals surface area contributed by atoms with Gasteiger partial charge in [-0.1, -0.05) is 117 Å². The van der Waals surface area contributed by atoms with Crippen molar-refractivity contribution >= 4 is 100.0 Å². The Bertz CT molecular complexity index is 2620. The minimum absolute atomic E-state index is 1.29. The van der Waals surface area contributed by atoms with Gasteiger partial charge in [0.2, 0.25) is 0 Å². The van der Waals surface area contributed by atoms with Gasteiger partial charge in [-0.15, -0.1) is 22.7 Å². The van der Waals surface area contributed by atoms with Crippen molar-refractivity contribution in [3.8, 4) is 10.4 Å². The van der Waals surface area contributed by atoms with Crippen molar-refractivity contribution in [2.24, 2.45) is 0 Å². The Morgan fingerprint density at radius 2 is 1.31 bits per heavy atom. The van der Waals surface area contributed by atoms with Crippen LogP contribution in [0.25, 0.3) is 69.9 Å². The molecule has 0 saturated heterocycles. The van der Waals surface area contributed by atoms with Crippen molar-refractivity contribution in [1.29, 1.82) is 0 Å². The zero-order chi connectivity index (χ0) is 35.9. The first-order valence-electron chi connectivity index (χ1n) is 18.0. The lowest BCUT2D eigenvalue weighted by atomic mass is 9.94. The van der Waals surface area contributed by atoms with Crippen LogP contribution in [-0.2, 0) is 0 Å². The van der Waals surface area contributed by atoms with E-state index in [0.717, 1.165) is 0 Å². The number of benzene rings is 6. The van der Waals surface area contributed by atoms with Gasteiger partial charge in [-0.25, -0.2) is 0 Å². The highest BCUT2D eigenvalue weighted by molar-refractivity contribution is 7.89. The van der Waals surface area contributed by atoms with E-state index in [2.05, 4.69) is 174 Å². The normalized spacial score (nSPS) is 12.4. The van der Waals surface area contributed by atoms with Crippen LogP contribution in [0.5, 0.6) is 0 Å². The Morgan fingerprint density at radius 3 is 2.08 bits per heavy atom. The molecular formula is C48H46PS2+. The summed E-state index contributed by atoms with van der Waals surface area (Å²) in [5.74, 6) is 0. The molecule has 0 aliphatic rings. The van der Waals surface area contributed by atoms with E-state index in [4.69, 9.17) is 0 Å². The first kappa shape index (κ1) is 35.1. The van der Waals surface area contributed by atoms with Crippen LogP contribution in [0.4, 0.5) is 0 Å². The monoisotopic (exact) mass is 717 g/mol. The Kier molecular flexibility index (Phi) is 9.88. The Hall–Kier alpha value is -4.33. The fourth-order valence-corrected chi connectivity index (χ4v) is 13.5. The minimum atomic E-state index is -1.96. The molecule has 2 aromatic heterocycles. The second-order valence-electron chi connectivity index (χ2n) is 13.6. The maximum Gasteiger partial charge on any atom is 0.125 e. The smallest absolute Gasteiger partial charge is 0.125 e. The maximum atomic E-state index is 2.56. The third-order valence-corrected chi connectivity index (χ3v) is 15.5. The highest BCUT2D eigenvalue weighted by Gasteiger charge is 2.41. The van der Waals surface area contributed by atoms with Gasteiger partial charge < -0.3 is 0 Å². The SMILES string of the molecule is C/C=C\c1cc(C)c(/C=C(\C)c2c([P+](C)(C)c3c(-c4cccc5ccccc45)sc4cc5ccsc5cc34)ccc3ccccc23)cc1C.CC. The van der Waals surface area contributed by atoms with Gasteiger partial charge in [0.15, 0.2) is 0 Å². The number of rotatable bonds is 6. The van der Waals surface area contributed by atoms with Crippen molar-refractivity contribution in [3.63, 3.8) is 0 Å². The summed E-state index contributed by atoms with van der Waals surface area (Å²) in [5, 5.41) is 13.2. The van der Waals surface area contributed by atoms with Gasteiger partial charge in [-0.2, -0.15) is 0 Å². The van der Waals surface area contributed by atoms with Gasteiger partial charge in [0.05, 0.1) is 25.5 Å². The summed E-state index contributed by atoms with van der Waals surface area (Å²) in [6.45, 7) is 18.0. The van der Waals surface area contributed by atoms with Gasteiger partial charge in [-0.3, -0.25) is 0 Å². The number of fused-ring (bicyclic) bond motifs is 4. The maximum absolute atomic E-state index is 2.56. The quantitative estimate of drug-likeness (QED) is 0.119. The molecule has 0 amide bonds. The Labute approximate surface area is 312 Å². The minimum Gasteiger partial charge on any atom is -0.144 e. The van der Waals surface area contributed by atoms with Crippen LogP contribution in [0.1, 0.15) is 55.5 Å². The summed E-state index contributed by atoms with van der Waals surface area (Å²) in [6, 6.07) is 41.3. The first-order chi connectivity index (χ1) is 24.7. The first-order valence-corrected chi connectivity index (χ1v) is 22.3. The summed E-state index contributed by atoms with van der Waals surface area (Å²) in [4.78, 5) is 1.41. The van der Waals surface area contributed by atoms with Crippen LogP contribution in [0.15, 0.2) is 121 Å². The average molecular weight is 718 g/mol. The molecule has 8 rings (SSSR count). The lowest BCUT2D eigenvalue weighted by Gasteiger charge is -2.24. The van der Waals surface area contributed by atoms with E-state index in [1.54, 1.807) is 0 Å². The molecule has 0 fully saturated rings. The van der Waals surface area contributed by atoms with Crippen molar-refractivity contribution in [3.05, 3.63) is 148 Å². The van der Waals surface area contributed by atoms with Crippen LogP contribution < -0.4 is 10.6 Å². The van der Waals surface area contributed by atoms with E-state index in [1.165, 1.54) is 96.2 Å². The molecule has 0 N–H and O–H groups in total. The second-order valence-corrected chi connectivity index (χ2v) is 19.5. The molecule has 0 aliphatic heterocycles. The summed E-state index contributed by atoms with van der Waals surface area (Å²) in [5.41, 5.74) is 9.22. The summed E-state index contributed by atoms with van der Waals surface area (Å²) in [7, 11) is -1.96. The number of thiophene rings is 2. The molecule has 254 valence electrons. The number of hydrogen-bond donors (Lipinski definition) is 0. The van der Waals surface area contributed by atoms with Crippen LogP contribution in [-0.4, -0.2) is 13.3 Å². The van der Waals surface area contributed by atoms with E-state index >= 15 is 0 Å². The van der Waals surface area contributed by atoms with Crippen LogP contribution in [0, 0.1) is 13.8 Å². The van der Waals surface area contributed by atoms with E-state index < -0.39 is 7.26 Å². The molecule has 6 aromatic carbocycles. The Balaban J connectivity index is 0.00000200. The zero-order valence-electron chi connectivity index (χ0n) is 31.0. The van der Waals surface area contributed by atoms with Crippen molar-refractivity contribution in [1.82, 2.24) is 0 Å². The molecule has 51 heavy (non-hydrogen) atoms. The zero-order valence-corrected chi connectivity index (χ0v) is 33.5. The molecule has 8 aromatic rings. The molecule has 3 heteroatoms. The van der Waals surface area contributed by atoms with Gasteiger partial charge >= 0.3 is 0 Å².